The molecule has 4 heteroatoms. The molecule has 0 atom stereocenters. The molecule has 3 nitrogen and oxygen atoms in total. The molecule has 1 rings (SSSR count). The van der Waals surface area contributed by atoms with Crippen LogP contribution in [0.5, 0.6) is 5.75 Å². The first-order chi connectivity index (χ1) is 5.77. The zero-order chi connectivity index (χ0) is 8.97. The van der Waals surface area contributed by atoms with Crippen molar-refractivity contribution in [1.29, 1.82) is 5.26 Å². The molecule has 1 aromatic heterocycles. The van der Waals surface area contributed by atoms with Gasteiger partial charge in [0.2, 0.25) is 5.95 Å². The molecule has 0 saturated carbocycles. The molecule has 1 aromatic rings. The lowest BCUT2D eigenvalue weighted by molar-refractivity contribution is 0.409. The number of rotatable bonds is 2. The second kappa shape index (κ2) is 3.67. The van der Waals surface area contributed by atoms with Gasteiger partial charge in [0, 0.05) is 5.56 Å². The van der Waals surface area contributed by atoms with Crippen LogP contribution in [0.1, 0.15) is 5.56 Å². The molecule has 0 aromatic carbocycles. The van der Waals surface area contributed by atoms with E-state index in [1.54, 1.807) is 0 Å². The van der Waals surface area contributed by atoms with Crippen LogP contribution in [0.15, 0.2) is 12.3 Å². The Balaban J connectivity index is 3.01. The molecule has 62 valence electrons. The molecule has 0 aliphatic carbocycles. The average molecular weight is 166 g/mol. The van der Waals surface area contributed by atoms with Crippen molar-refractivity contribution < 1.29 is 9.13 Å². The number of methoxy groups -OCH3 is 1. The maximum Gasteiger partial charge on any atom is 0.217 e. The normalized spacial score (nSPS) is 9.08. The molecule has 0 bridgehead atoms. The van der Waals surface area contributed by atoms with Crippen molar-refractivity contribution in [3.8, 4) is 11.8 Å². The van der Waals surface area contributed by atoms with Gasteiger partial charge < -0.3 is 4.74 Å². The number of nitriles is 1. The standard InChI is InChI=1S/C8H7FN2O/c1-12-7-4-6(2-3-10)8(9)11-5-7/h4-5H,2H2,1H3. The number of halogens is 1. The topological polar surface area (TPSA) is 45.9 Å². The highest BCUT2D eigenvalue weighted by Gasteiger charge is 2.03. The summed E-state index contributed by atoms with van der Waals surface area (Å²) < 4.78 is 17.6. The van der Waals surface area contributed by atoms with Gasteiger partial charge in [0.15, 0.2) is 0 Å². The number of pyridine rings is 1. The minimum Gasteiger partial charge on any atom is -0.495 e. The van der Waals surface area contributed by atoms with Crippen LogP contribution in [0, 0.1) is 17.3 Å². The predicted octanol–water partition coefficient (Wildman–Crippen LogP) is 1.30. The first-order valence-electron chi connectivity index (χ1n) is 3.33. The quantitative estimate of drug-likeness (QED) is 0.622. The maximum atomic E-state index is 12.8. The highest BCUT2D eigenvalue weighted by Crippen LogP contribution is 2.13. The molecule has 0 fully saturated rings. The van der Waals surface area contributed by atoms with E-state index in [4.69, 9.17) is 10.00 Å². The van der Waals surface area contributed by atoms with Gasteiger partial charge in [-0.25, -0.2) is 4.98 Å². The second-order valence-corrected chi connectivity index (χ2v) is 2.16. The molecule has 0 spiro atoms. The fourth-order valence-electron chi connectivity index (χ4n) is 0.793. The molecule has 0 aliphatic heterocycles. The van der Waals surface area contributed by atoms with Gasteiger partial charge >= 0.3 is 0 Å². The van der Waals surface area contributed by atoms with E-state index in [-0.39, 0.29) is 12.0 Å². The summed E-state index contributed by atoms with van der Waals surface area (Å²) in [5.41, 5.74) is 0.261. The lowest BCUT2D eigenvalue weighted by Gasteiger charge is -2.00. The number of nitrogens with zero attached hydrogens (tertiary/aromatic N) is 2. The number of ether oxygens (including phenoxy) is 1. The predicted molar refractivity (Wildman–Crippen MR) is 40.1 cm³/mol. The van der Waals surface area contributed by atoms with E-state index in [2.05, 4.69) is 4.98 Å². The van der Waals surface area contributed by atoms with Crippen LogP contribution in [0.3, 0.4) is 0 Å². The van der Waals surface area contributed by atoms with Gasteiger partial charge in [0.05, 0.1) is 25.8 Å². The lowest BCUT2D eigenvalue weighted by atomic mass is 10.2. The Hall–Kier alpha value is -1.63. The van der Waals surface area contributed by atoms with Crippen molar-refractivity contribution >= 4 is 0 Å². The van der Waals surface area contributed by atoms with Crippen LogP contribution in [0.2, 0.25) is 0 Å². The smallest absolute Gasteiger partial charge is 0.217 e. The van der Waals surface area contributed by atoms with Crippen molar-refractivity contribution in [1.82, 2.24) is 4.98 Å². The third kappa shape index (κ3) is 1.70. The fourth-order valence-corrected chi connectivity index (χ4v) is 0.793. The molecule has 0 radical (unpaired) electrons. The van der Waals surface area contributed by atoms with Gasteiger partial charge in [0.1, 0.15) is 5.75 Å². The van der Waals surface area contributed by atoms with E-state index in [9.17, 15) is 4.39 Å². The van der Waals surface area contributed by atoms with E-state index >= 15 is 0 Å². The van der Waals surface area contributed by atoms with Gasteiger partial charge in [0.25, 0.3) is 0 Å². The second-order valence-electron chi connectivity index (χ2n) is 2.16. The first-order valence-corrected chi connectivity index (χ1v) is 3.33. The monoisotopic (exact) mass is 166 g/mol. The zero-order valence-corrected chi connectivity index (χ0v) is 6.54. The highest BCUT2D eigenvalue weighted by molar-refractivity contribution is 5.26. The Morgan fingerprint density at radius 2 is 2.50 bits per heavy atom. The molecular formula is C8H7FN2O. The lowest BCUT2D eigenvalue weighted by Crippen LogP contribution is -1.94. The number of aromatic nitrogens is 1. The first kappa shape index (κ1) is 8.47. The van der Waals surface area contributed by atoms with Crippen molar-refractivity contribution in [2.45, 2.75) is 6.42 Å². The molecular weight excluding hydrogens is 159 g/mol. The SMILES string of the molecule is COc1cnc(F)c(CC#N)c1. The van der Waals surface area contributed by atoms with Crippen molar-refractivity contribution in [2.75, 3.05) is 7.11 Å². The summed E-state index contributed by atoms with van der Waals surface area (Å²) in [5, 5.41) is 8.32. The summed E-state index contributed by atoms with van der Waals surface area (Å²) in [7, 11) is 1.46. The van der Waals surface area contributed by atoms with E-state index < -0.39 is 5.95 Å². The van der Waals surface area contributed by atoms with E-state index in [0.29, 0.717) is 5.75 Å². The average Bonchev–Trinajstić information content (AvgIpc) is 2.09. The Morgan fingerprint density at radius 1 is 1.75 bits per heavy atom. The Kier molecular flexibility index (Phi) is 2.59. The third-order valence-electron chi connectivity index (χ3n) is 1.39. The maximum absolute atomic E-state index is 12.8. The molecule has 0 unspecified atom stereocenters. The fraction of sp³-hybridized carbons (Fsp3) is 0.250. The number of hydrogen-bond acceptors (Lipinski definition) is 3. The van der Waals surface area contributed by atoms with Crippen molar-refractivity contribution in [3.63, 3.8) is 0 Å². The molecule has 12 heavy (non-hydrogen) atoms. The summed E-state index contributed by atoms with van der Waals surface area (Å²) in [6.45, 7) is 0. The summed E-state index contributed by atoms with van der Waals surface area (Å²) in [6, 6.07) is 3.30. The largest absolute Gasteiger partial charge is 0.495 e. The van der Waals surface area contributed by atoms with Gasteiger partial charge in [-0.05, 0) is 6.07 Å². The Labute approximate surface area is 69.4 Å². The van der Waals surface area contributed by atoms with Crippen molar-refractivity contribution in [2.24, 2.45) is 0 Å². The van der Waals surface area contributed by atoms with Gasteiger partial charge in [-0.1, -0.05) is 0 Å². The Bertz CT molecular complexity index is 319. The third-order valence-corrected chi connectivity index (χ3v) is 1.39. The van der Waals surface area contributed by atoms with Crippen LogP contribution in [0.25, 0.3) is 0 Å². The molecule has 0 N–H and O–H groups in total. The van der Waals surface area contributed by atoms with E-state index in [1.807, 2.05) is 6.07 Å². The zero-order valence-electron chi connectivity index (χ0n) is 6.54. The van der Waals surface area contributed by atoms with Crippen LogP contribution >= 0.6 is 0 Å². The van der Waals surface area contributed by atoms with Crippen LogP contribution < -0.4 is 4.74 Å². The van der Waals surface area contributed by atoms with Gasteiger partial charge in [-0.2, -0.15) is 9.65 Å². The molecule has 0 amide bonds. The molecule has 0 saturated heterocycles. The van der Waals surface area contributed by atoms with Crippen LogP contribution in [-0.2, 0) is 6.42 Å². The van der Waals surface area contributed by atoms with Crippen molar-refractivity contribution in [3.05, 3.63) is 23.8 Å². The van der Waals surface area contributed by atoms with Crippen LogP contribution in [0.4, 0.5) is 4.39 Å². The van der Waals surface area contributed by atoms with E-state index in [1.165, 1.54) is 19.4 Å². The minimum atomic E-state index is -0.614. The van der Waals surface area contributed by atoms with Crippen LogP contribution in [-0.4, -0.2) is 12.1 Å². The summed E-state index contributed by atoms with van der Waals surface area (Å²) >= 11 is 0. The van der Waals surface area contributed by atoms with E-state index in [0.717, 1.165) is 0 Å². The summed E-state index contributed by atoms with van der Waals surface area (Å²) in [5.74, 6) is -0.154. The number of hydrogen-bond donors (Lipinski definition) is 0. The van der Waals surface area contributed by atoms with Gasteiger partial charge in [-0.3, -0.25) is 0 Å². The van der Waals surface area contributed by atoms with Gasteiger partial charge in [-0.15, -0.1) is 0 Å². The molecule has 0 aliphatic rings. The minimum absolute atomic E-state index is 0.00995. The Morgan fingerprint density at radius 3 is 3.08 bits per heavy atom. The highest BCUT2D eigenvalue weighted by atomic mass is 19.1. The summed E-state index contributed by atoms with van der Waals surface area (Å²) in [4.78, 5) is 3.43. The molecule has 1 heterocycles. The summed E-state index contributed by atoms with van der Waals surface area (Å²) in [6.07, 6.45) is 1.28.